The molecule has 6 rings (SSSR count). The molecule has 8 nitrogen and oxygen atoms in total. The fraction of sp³-hybridized carbons (Fsp3) is 0.448. The van der Waals surface area contributed by atoms with E-state index in [2.05, 4.69) is 12.1 Å². The third-order valence-electron chi connectivity index (χ3n) is 8.06. The standard InChI is InChI=1S/C29H33N5O3/c1-2-37-29(36)32-15-12-21(13-16-32)25-7-4-14-34-27(25)30-26(31-34)17-20-8-10-22(11-9-20)28(35)33-18-23-5-3-6-24(23)19-33/h4,7-12,14,23-24H,2-3,5-6,13,15-19H2,1H3/t23-,24+. The molecular formula is C29H33N5O3. The number of amides is 2. The lowest BCUT2D eigenvalue weighted by molar-refractivity contribution is 0.0780. The van der Waals surface area contributed by atoms with Gasteiger partial charge in [0.05, 0.1) is 6.61 Å². The van der Waals surface area contributed by atoms with Crippen LogP contribution >= 0.6 is 0 Å². The molecule has 2 aliphatic heterocycles. The van der Waals surface area contributed by atoms with E-state index in [0.29, 0.717) is 38.0 Å². The molecule has 2 amide bonds. The molecule has 37 heavy (non-hydrogen) atoms. The molecule has 0 bridgehead atoms. The minimum atomic E-state index is -0.267. The first-order chi connectivity index (χ1) is 18.1. The number of aromatic nitrogens is 3. The van der Waals surface area contributed by atoms with Gasteiger partial charge < -0.3 is 14.5 Å². The van der Waals surface area contributed by atoms with Gasteiger partial charge in [0.2, 0.25) is 0 Å². The van der Waals surface area contributed by atoms with Gasteiger partial charge in [-0.2, -0.15) is 5.10 Å². The quantitative estimate of drug-likeness (QED) is 0.519. The molecule has 2 atom stereocenters. The van der Waals surface area contributed by atoms with Crippen molar-refractivity contribution in [3.8, 4) is 0 Å². The van der Waals surface area contributed by atoms with Crippen LogP contribution in [-0.4, -0.2) is 69.2 Å². The molecule has 2 fully saturated rings. The van der Waals surface area contributed by atoms with Gasteiger partial charge in [0, 0.05) is 49.9 Å². The monoisotopic (exact) mass is 499 g/mol. The smallest absolute Gasteiger partial charge is 0.410 e. The van der Waals surface area contributed by atoms with Gasteiger partial charge in [-0.15, -0.1) is 0 Å². The number of hydrogen-bond acceptors (Lipinski definition) is 5. The molecule has 2 aromatic heterocycles. The fourth-order valence-corrected chi connectivity index (χ4v) is 6.10. The third kappa shape index (κ3) is 4.72. The van der Waals surface area contributed by atoms with Gasteiger partial charge in [-0.1, -0.05) is 24.6 Å². The predicted molar refractivity (Wildman–Crippen MR) is 140 cm³/mol. The summed E-state index contributed by atoms with van der Waals surface area (Å²) in [5.41, 5.74) is 4.86. The van der Waals surface area contributed by atoms with Crippen LogP contribution in [0.2, 0.25) is 0 Å². The van der Waals surface area contributed by atoms with Crippen molar-refractivity contribution in [3.63, 3.8) is 0 Å². The molecule has 1 saturated heterocycles. The number of fused-ring (bicyclic) bond motifs is 2. The van der Waals surface area contributed by atoms with Crippen molar-refractivity contribution in [2.75, 3.05) is 32.8 Å². The average molecular weight is 500 g/mol. The topological polar surface area (TPSA) is 80.0 Å². The maximum atomic E-state index is 13.0. The van der Waals surface area contributed by atoms with E-state index >= 15 is 0 Å². The predicted octanol–water partition coefficient (Wildman–Crippen LogP) is 4.44. The summed E-state index contributed by atoms with van der Waals surface area (Å²) in [6, 6.07) is 12.0. The molecule has 3 aromatic rings. The van der Waals surface area contributed by atoms with Crippen LogP contribution < -0.4 is 0 Å². The Morgan fingerprint density at radius 3 is 2.54 bits per heavy atom. The number of carbonyl (C=O) groups excluding carboxylic acids is 2. The van der Waals surface area contributed by atoms with Crippen molar-refractivity contribution in [1.29, 1.82) is 0 Å². The SMILES string of the molecule is CCOC(=O)N1CC=C(c2cccn3nc(Cc4ccc(C(=O)N5C[C@H]6CCC[C@H]6C5)cc4)nc23)CC1. The zero-order valence-corrected chi connectivity index (χ0v) is 21.3. The van der Waals surface area contributed by atoms with Crippen LogP contribution in [0.3, 0.4) is 0 Å². The first-order valence-electron chi connectivity index (χ1n) is 13.4. The van der Waals surface area contributed by atoms with E-state index in [1.807, 2.05) is 52.9 Å². The molecule has 4 heterocycles. The zero-order chi connectivity index (χ0) is 25.4. The molecule has 0 N–H and O–H groups in total. The average Bonchev–Trinajstić information content (AvgIpc) is 3.64. The van der Waals surface area contributed by atoms with E-state index in [0.717, 1.165) is 47.7 Å². The van der Waals surface area contributed by atoms with Crippen LogP contribution in [0, 0.1) is 11.8 Å². The van der Waals surface area contributed by atoms with Crippen LogP contribution in [0.25, 0.3) is 11.2 Å². The summed E-state index contributed by atoms with van der Waals surface area (Å²) in [5, 5.41) is 4.70. The zero-order valence-electron chi connectivity index (χ0n) is 21.3. The Hall–Kier alpha value is -3.68. The van der Waals surface area contributed by atoms with E-state index in [1.165, 1.54) is 24.8 Å². The summed E-state index contributed by atoms with van der Waals surface area (Å²) >= 11 is 0. The lowest BCUT2D eigenvalue weighted by atomic mass is 10.0. The van der Waals surface area contributed by atoms with Gasteiger partial charge >= 0.3 is 6.09 Å². The molecule has 8 heteroatoms. The maximum Gasteiger partial charge on any atom is 0.410 e. The Balaban J connectivity index is 1.14. The lowest BCUT2D eigenvalue weighted by Crippen LogP contribution is -2.35. The first-order valence-corrected chi connectivity index (χ1v) is 13.4. The van der Waals surface area contributed by atoms with Crippen molar-refractivity contribution in [2.45, 2.75) is 39.0 Å². The Labute approximate surface area is 216 Å². The number of rotatable bonds is 5. The summed E-state index contributed by atoms with van der Waals surface area (Å²) in [5.74, 6) is 2.30. The van der Waals surface area contributed by atoms with Crippen LogP contribution in [0.4, 0.5) is 4.79 Å². The number of pyridine rings is 1. The molecular weight excluding hydrogens is 466 g/mol. The summed E-state index contributed by atoms with van der Waals surface area (Å²) in [6.07, 6.45) is 8.92. The summed E-state index contributed by atoms with van der Waals surface area (Å²) < 4.78 is 6.95. The van der Waals surface area contributed by atoms with Crippen molar-refractivity contribution in [2.24, 2.45) is 11.8 Å². The van der Waals surface area contributed by atoms with Crippen molar-refractivity contribution >= 4 is 23.2 Å². The van der Waals surface area contributed by atoms with Crippen LogP contribution in [0.15, 0.2) is 48.7 Å². The highest BCUT2D eigenvalue weighted by atomic mass is 16.6. The Morgan fingerprint density at radius 1 is 1.05 bits per heavy atom. The molecule has 0 unspecified atom stereocenters. The van der Waals surface area contributed by atoms with Gasteiger partial charge in [-0.25, -0.2) is 14.3 Å². The first kappa shape index (κ1) is 23.7. The van der Waals surface area contributed by atoms with Crippen molar-refractivity contribution in [3.05, 3.63) is 71.2 Å². The number of ether oxygens (including phenoxy) is 1. The Bertz CT molecular complexity index is 1330. The van der Waals surface area contributed by atoms with Gasteiger partial charge in [0.1, 0.15) is 0 Å². The molecule has 0 radical (unpaired) electrons. The van der Waals surface area contributed by atoms with E-state index < -0.39 is 0 Å². The van der Waals surface area contributed by atoms with Crippen LogP contribution in [0.1, 0.15) is 59.9 Å². The number of benzene rings is 1. The fourth-order valence-electron chi connectivity index (χ4n) is 6.10. The second kappa shape index (κ2) is 10.00. The Morgan fingerprint density at radius 2 is 1.84 bits per heavy atom. The van der Waals surface area contributed by atoms with E-state index in [4.69, 9.17) is 14.8 Å². The van der Waals surface area contributed by atoms with Gasteiger partial charge in [0.25, 0.3) is 5.91 Å². The minimum absolute atomic E-state index is 0.152. The highest BCUT2D eigenvalue weighted by Crippen LogP contribution is 2.38. The number of carbonyl (C=O) groups is 2. The van der Waals surface area contributed by atoms with E-state index in [9.17, 15) is 9.59 Å². The molecule has 1 aromatic carbocycles. The van der Waals surface area contributed by atoms with Gasteiger partial charge in [0.15, 0.2) is 11.5 Å². The molecule has 3 aliphatic rings. The number of likely N-dealkylation sites (tertiary alicyclic amines) is 1. The van der Waals surface area contributed by atoms with Gasteiger partial charge in [-0.05, 0) is 73.4 Å². The minimum Gasteiger partial charge on any atom is -0.450 e. The summed E-state index contributed by atoms with van der Waals surface area (Å²) in [6.45, 7) is 5.17. The largest absolute Gasteiger partial charge is 0.450 e. The highest BCUT2D eigenvalue weighted by molar-refractivity contribution is 5.94. The molecule has 1 aliphatic carbocycles. The van der Waals surface area contributed by atoms with Crippen molar-refractivity contribution in [1.82, 2.24) is 24.4 Å². The number of hydrogen-bond donors (Lipinski definition) is 0. The normalized spacial score (nSPS) is 21.3. The second-order valence-corrected chi connectivity index (χ2v) is 10.4. The van der Waals surface area contributed by atoms with Gasteiger partial charge in [-0.3, -0.25) is 4.79 Å². The lowest BCUT2D eigenvalue weighted by Gasteiger charge is -2.25. The third-order valence-corrected chi connectivity index (χ3v) is 8.06. The van der Waals surface area contributed by atoms with E-state index in [1.54, 1.807) is 4.90 Å². The molecule has 0 spiro atoms. The van der Waals surface area contributed by atoms with Crippen LogP contribution in [-0.2, 0) is 11.2 Å². The van der Waals surface area contributed by atoms with Crippen molar-refractivity contribution < 1.29 is 14.3 Å². The second-order valence-electron chi connectivity index (χ2n) is 10.4. The summed E-state index contributed by atoms with van der Waals surface area (Å²) in [4.78, 5) is 33.6. The summed E-state index contributed by atoms with van der Waals surface area (Å²) in [7, 11) is 0. The van der Waals surface area contributed by atoms with Crippen LogP contribution in [0.5, 0.6) is 0 Å². The number of nitrogens with zero attached hydrogens (tertiary/aromatic N) is 5. The Kier molecular flexibility index (Phi) is 6.40. The highest BCUT2D eigenvalue weighted by Gasteiger charge is 2.38. The maximum absolute atomic E-state index is 13.0. The van der Waals surface area contributed by atoms with E-state index in [-0.39, 0.29) is 12.0 Å². The molecule has 1 saturated carbocycles. The molecule has 192 valence electrons.